The van der Waals surface area contributed by atoms with Crippen LogP contribution in [-0.4, -0.2) is 36.5 Å². The van der Waals surface area contributed by atoms with E-state index in [1.807, 2.05) is 42.6 Å². The summed E-state index contributed by atoms with van der Waals surface area (Å²) in [7, 11) is 3.13. The van der Waals surface area contributed by atoms with Gasteiger partial charge in [-0.15, -0.1) is 0 Å². The first kappa shape index (κ1) is 22.1. The second-order valence-electron chi connectivity index (χ2n) is 7.34. The van der Waals surface area contributed by atoms with Gasteiger partial charge in [0.25, 0.3) is 5.91 Å². The molecule has 0 aliphatic carbocycles. The van der Waals surface area contributed by atoms with Crippen LogP contribution in [0.1, 0.15) is 16.1 Å². The maximum atomic E-state index is 13.9. The molecule has 0 radical (unpaired) electrons. The van der Waals surface area contributed by atoms with Gasteiger partial charge in [-0.2, -0.15) is 5.10 Å². The molecule has 0 saturated heterocycles. The van der Waals surface area contributed by atoms with Gasteiger partial charge in [-0.25, -0.2) is 9.07 Å². The molecule has 33 heavy (non-hydrogen) atoms. The van der Waals surface area contributed by atoms with Crippen LogP contribution in [0.25, 0.3) is 16.8 Å². The largest absolute Gasteiger partial charge is 0.493 e. The zero-order valence-corrected chi connectivity index (χ0v) is 18.4. The fourth-order valence-electron chi connectivity index (χ4n) is 3.57. The molecular formula is C26H24FN3O3. The van der Waals surface area contributed by atoms with Crippen molar-refractivity contribution in [2.75, 3.05) is 20.8 Å². The minimum atomic E-state index is -0.342. The van der Waals surface area contributed by atoms with E-state index in [9.17, 15) is 9.18 Å². The molecule has 0 atom stereocenters. The van der Waals surface area contributed by atoms with E-state index in [2.05, 4.69) is 10.4 Å². The highest BCUT2D eigenvalue weighted by atomic mass is 19.1. The smallest absolute Gasteiger partial charge is 0.272 e. The van der Waals surface area contributed by atoms with Gasteiger partial charge in [-0.05, 0) is 47.9 Å². The molecule has 6 nitrogen and oxygen atoms in total. The number of hydrogen-bond donors (Lipinski definition) is 1. The number of nitrogens with zero attached hydrogens (tertiary/aromatic N) is 2. The number of ether oxygens (including phenoxy) is 2. The van der Waals surface area contributed by atoms with Crippen molar-refractivity contribution in [3.05, 3.63) is 96.1 Å². The van der Waals surface area contributed by atoms with Crippen molar-refractivity contribution in [2.24, 2.45) is 0 Å². The van der Waals surface area contributed by atoms with Crippen LogP contribution in [0.3, 0.4) is 0 Å². The number of amides is 1. The Bertz CT molecular complexity index is 1250. The molecule has 0 aliphatic heterocycles. The van der Waals surface area contributed by atoms with Crippen LogP contribution in [0.5, 0.6) is 11.5 Å². The van der Waals surface area contributed by atoms with Crippen molar-refractivity contribution in [2.45, 2.75) is 6.42 Å². The number of aromatic nitrogens is 2. The van der Waals surface area contributed by atoms with Crippen LogP contribution < -0.4 is 14.8 Å². The quantitative estimate of drug-likeness (QED) is 0.428. The molecule has 1 amide bonds. The molecular weight excluding hydrogens is 421 g/mol. The van der Waals surface area contributed by atoms with Crippen molar-refractivity contribution in [3.63, 3.8) is 0 Å². The first-order valence-corrected chi connectivity index (χ1v) is 10.5. The number of halogens is 1. The monoisotopic (exact) mass is 445 g/mol. The second-order valence-corrected chi connectivity index (χ2v) is 7.34. The molecule has 0 saturated carbocycles. The molecule has 0 unspecified atom stereocenters. The Kier molecular flexibility index (Phi) is 6.69. The van der Waals surface area contributed by atoms with Gasteiger partial charge < -0.3 is 14.8 Å². The maximum Gasteiger partial charge on any atom is 0.272 e. The van der Waals surface area contributed by atoms with Gasteiger partial charge in [0.15, 0.2) is 17.2 Å². The third-order valence-electron chi connectivity index (χ3n) is 5.28. The molecule has 4 rings (SSSR count). The zero-order valence-electron chi connectivity index (χ0n) is 18.4. The Labute approximate surface area is 191 Å². The number of benzene rings is 3. The number of hydrogen-bond acceptors (Lipinski definition) is 4. The first-order chi connectivity index (χ1) is 16.1. The van der Waals surface area contributed by atoms with E-state index in [1.54, 1.807) is 49.2 Å². The molecule has 1 heterocycles. The Morgan fingerprint density at radius 1 is 0.970 bits per heavy atom. The Morgan fingerprint density at radius 3 is 2.42 bits per heavy atom. The van der Waals surface area contributed by atoms with Gasteiger partial charge in [0, 0.05) is 18.3 Å². The lowest BCUT2D eigenvalue weighted by Gasteiger charge is -2.10. The fourth-order valence-corrected chi connectivity index (χ4v) is 3.57. The average molecular weight is 445 g/mol. The predicted molar refractivity (Wildman–Crippen MR) is 125 cm³/mol. The number of methoxy groups -OCH3 is 2. The zero-order chi connectivity index (χ0) is 23.2. The van der Waals surface area contributed by atoms with E-state index in [0.717, 1.165) is 11.3 Å². The van der Waals surface area contributed by atoms with Crippen LogP contribution in [0.15, 0.2) is 79.0 Å². The highest BCUT2D eigenvalue weighted by molar-refractivity contribution is 5.99. The maximum absolute atomic E-state index is 13.9. The lowest BCUT2D eigenvalue weighted by molar-refractivity contribution is 0.0949. The van der Waals surface area contributed by atoms with Crippen LogP contribution in [0.4, 0.5) is 4.39 Å². The van der Waals surface area contributed by atoms with Crippen molar-refractivity contribution >= 4 is 5.91 Å². The highest BCUT2D eigenvalue weighted by Crippen LogP contribution is 2.34. The number of carbonyl (C=O) groups excluding carboxylic acids is 1. The van der Waals surface area contributed by atoms with Crippen LogP contribution in [0.2, 0.25) is 0 Å². The van der Waals surface area contributed by atoms with Crippen molar-refractivity contribution in [1.29, 1.82) is 0 Å². The summed E-state index contributed by atoms with van der Waals surface area (Å²) in [6, 6.07) is 21.5. The summed E-state index contributed by atoms with van der Waals surface area (Å²) in [5.74, 6) is 0.512. The van der Waals surface area contributed by atoms with Gasteiger partial charge in [0.1, 0.15) is 5.82 Å². The van der Waals surface area contributed by atoms with E-state index in [4.69, 9.17) is 9.47 Å². The summed E-state index contributed by atoms with van der Waals surface area (Å²) in [5.41, 5.74) is 3.04. The minimum Gasteiger partial charge on any atom is -0.493 e. The normalized spacial score (nSPS) is 10.6. The van der Waals surface area contributed by atoms with E-state index in [-0.39, 0.29) is 24.0 Å². The van der Waals surface area contributed by atoms with Gasteiger partial charge in [-0.3, -0.25) is 4.79 Å². The lowest BCUT2D eigenvalue weighted by Crippen LogP contribution is -2.27. The summed E-state index contributed by atoms with van der Waals surface area (Å²) < 4.78 is 26.3. The summed E-state index contributed by atoms with van der Waals surface area (Å²) in [6.07, 6.45) is 2.19. The molecule has 0 fully saturated rings. The van der Waals surface area contributed by atoms with Crippen molar-refractivity contribution in [3.8, 4) is 28.3 Å². The van der Waals surface area contributed by atoms with Gasteiger partial charge in [0.2, 0.25) is 0 Å². The molecule has 3 aromatic carbocycles. The van der Waals surface area contributed by atoms with E-state index >= 15 is 0 Å². The summed E-state index contributed by atoms with van der Waals surface area (Å²) in [4.78, 5) is 13.1. The van der Waals surface area contributed by atoms with E-state index in [0.29, 0.717) is 29.0 Å². The second kappa shape index (κ2) is 9.99. The molecule has 4 aromatic rings. The lowest BCUT2D eigenvalue weighted by atomic mass is 10.1. The first-order valence-electron chi connectivity index (χ1n) is 10.5. The summed E-state index contributed by atoms with van der Waals surface area (Å²) in [5, 5.41) is 7.42. The number of carbonyl (C=O) groups is 1. The predicted octanol–water partition coefficient (Wildman–Crippen LogP) is 4.67. The average Bonchev–Trinajstić information content (AvgIpc) is 3.31. The van der Waals surface area contributed by atoms with Crippen LogP contribution in [-0.2, 0) is 6.42 Å². The standard InChI is InChI=1S/C26H24FN3O3/c1-32-23-13-12-19(16-24(23)33-2)21-17-30(20-9-4-3-5-10-20)29-25(21)26(31)28-15-14-18-8-6-7-11-22(18)27/h3-13,16-17H,14-15H2,1-2H3,(H,28,31). The van der Waals surface area contributed by atoms with Gasteiger partial charge in [0.05, 0.1) is 19.9 Å². The Balaban J connectivity index is 1.65. The molecule has 1 N–H and O–H groups in total. The van der Waals surface area contributed by atoms with Crippen molar-refractivity contribution < 1.29 is 18.7 Å². The minimum absolute atomic E-state index is 0.264. The number of rotatable bonds is 8. The van der Waals surface area contributed by atoms with Crippen LogP contribution >= 0.6 is 0 Å². The van der Waals surface area contributed by atoms with Crippen molar-refractivity contribution in [1.82, 2.24) is 15.1 Å². The van der Waals surface area contributed by atoms with E-state index in [1.165, 1.54) is 6.07 Å². The Hall–Kier alpha value is -4.13. The van der Waals surface area contributed by atoms with E-state index < -0.39 is 0 Å². The third-order valence-corrected chi connectivity index (χ3v) is 5.28. The van der Waals surface area contributed by atoms with Crippen LogP contribution in [0, 0.1) is 5.82 Å². The summed E-state index contributed by atoms with van der Waals surface area (Å²) in [6.45, 7) is 0.281. The molecule has 7 heteroatoms. The number of para-hydroxylation sites is 1. The Morgan fingerprint density at radius 2 is 1.70 bits per heavy atom. The fraction of sp³-hybridized carbons (Fsp3) is 0.154. The molecule has 0 aliphatic rings. The highest BCUT2D eigenvalue weighted by Gasteiger charge is 2.20. The summed E-state index contributed by atoms with van der Waals surface area (Å²) >= 11 is 0. The molecule has 0 bridgehead atoms. The number of nitrogens with one attached hydrogen (secondary N) is 1. The topological polar surface area (TPSA) is 65.4 Å². The molecule has 168 valence electrons. The van der Waals surface area contributed by atoms with Gasteiger partial charge >= 0.3 is 0 Å². The third kappa shape index (κ3) is 4.87. The molecule has 1 aromatic heterocycles. The van der Waals surface area contributed by atoms with Gasteiger partial charge in [-0.1, -0.05) is 42.5 Å². The SMILES string of the molecule is COc1ccc(-c2cn(-c3ccccc3)nc2C(=O)NCCc2ccccc2F)cc1OC. The molecule has 0 spiro atoms.